The highest BCUT2D eigenvalue weighted by atomic mass is 32.2. The van der Waals surface area contributed by atoms with Crippen molar-refractivity contribution in [2.75, 3.05) is 26.1 Å². The molecule has 0 aromatic carbocycles. The fourth-order valence-electron chi connectivity index (χ4n) is 0.755. The second-order valence-corrected chi connectivity index (χ2v) is 4.87. The molecule has 0 aliphatic heterocycles. The van der Waals surface area contributed by atoms with E-state index >= 15 is 0 Å². The fraction of sp³-hybridized carbons (Fsp3) is 0.875. The number of hydrogen-bond acceptors (Lipinski definition) is 2. The Balaban J connectivity index is 3.68. The Labute approximate surface area is 82.1 Å². The van der Waals surface area contributed by atoms with Gasteiger partial charge in [-0.2, -0.15) is 0 Å². The van der Waals surface area contributed by atoms with Crippen molar-refractivity contribution < 1.29 is 9.00 Å². The summed E-state index contributed by atoms with van der Waals surface area (Å²) in [7, 11) is 2.61. The fourth-order valence-corrected chi connectivity index (χ4v) is 1.44. The van der Waals surface area contributed by atoms with Gasteiger partial charge in [-0.3, -0.25) is 4.21 Å². The largest absolute Gasteiger partial charge is 0.336 e. The lowest BCUT2D eigenvalue weighted by atomic mass is 10.3. The number of carbonyl (C=O) groups is 1. The number of carbonyl (C=O) groups excluding carboxylic acids is 1. The monoisotopic (exact) mass is 206 g/mol. The number of amides is 2. The summed E-state index contributed by atoms with van der Waals surface area (Å²) >= 11 is 0. The summed E-state index contributed by atoms with van der Waals surface area (Å²) in [6.45, 7) is 1.91. The summed E-state index contributed by atoms with van der Waals surface area (Å²) in [5.41, 5.74) is 0. The van der Waals surface area contributed by atoms with Crippen LogP contribution in [0, 0.1) is 0 Å². The molecule has 0 bridgehead atoms. The molecule has 0 aromatic rings. The van der Waals surface area contributed by atoms with Crippen molar-refractivity contribution in [2.24, 2.45) is 0 Å². The van der Waals surface area contributed by atoms with E-state index in [9.17, 15) is 9.00 Å². The zero-order chi connectivity index (χ0) is 10.4. The van der Waals surface area contributed by atoms with Crippen LogP contribution in [0.25, 0.3) is 0 Å². The van der Waals surface area contributed by atoms with E-state index in [1.807, 2.05) is 6.92 Å². The summed E-state index contributed by atoms with van der Waals surface area (Å²) in [6, 6.07) is -0.0202. The molecule has 5 heteroatoms. The molecule has 0 saturated heterocycles. The predicted molar refractivity (Wildman–Crippen MR) is 55.2 cm³/mol. The molecule has 0 rings (SSSR count). The number of rotatable bonds is 4. The first-order valence-electron chi connectivity index (χ1n) is 4.21. The Hall–Kier alpha value is -0.580. The Kier molecular flexibility index (Phi) is 5.70. The molecule has 2 atom stereocenters. The smallest absolute Gasteiger partial charge is 0.317 e. The van der Waals surface area contributed by atoms with Gasteiger partial charge in [0.2, 0.25) is 0 Å². The van der Waals surface area contributed by atoms with Crippen LogP contribution in [-0.4, -0.2) is 47.3 Å². The van der Waals surface area contributed by atoms with E-state index in [1.54, 1.807) is 20.4 Å². The molecule has 0 saturated carbocycles. The molecule has 0 spiro atoms. The Morgan fingerprint density at radius 1 is 1.54 bits per heavy atom. The minimum atomic E-state index is -0.777. The third kappa shape index (κ3) is 6.57. The van der Waals surface area contributed by atoms with E-state index in [-0.39, 0.29) is 12.1 Å². The topological polar surface area (TPSA) is 49.4 Å². The second-order valence-electron chi connectivity index (χ2n) is 3.31. The van der Waals surface area contributed by atoms with E-state index < -0.39 is 10.8 Å². The lowest BCUT2D eigenvalue weighted by molar-refractivity contribution is 0.213. The third-order valence-corrected chi connectivity index (χ3v) is 2.42. The number of urea groups is 1. The summed E-state index contributed by atoms with van der Waals surface area (Å²) in [6.07, 6.45) is 2.42. The number of hydrogen-bond donors (Lipinski definition) is 1. The zero-order valence-corrected chi connectivity index (χ0v) is 9.48. The van der Waals surface area contributed by atoms with Crippen molar-refractivity contribution in [1.29, 1.82) is 0 Å². The normalized spacial score (nSPS) is 14.8. The first kappa shape index (κ1) is 12.4. The molecule has 1 N–H and O–H groups in total. The van der Waals surface area contributed by atoms with Gasteiger partial charge >= 0.3 is 6.03 Å². The maximum absolute atomic E-state index is 11.1. The summed E-state index contributed by atoms with van der Waals surface area (Å²) in [4.78, 5) is 12.6. The molecule has 4 nitrogen and oxygen atoms in total. The third-order valence-electron chi connectivity index (χ3n) is 1.61. The highest BCUT2D eigenvalue weighted by Gasteiger charge is 2.08. The molecule has 0 aliphatic carbocycles. The SMILES string of the molecule is CC(CCS(C)=O)NC(=O)N(C)C. The van der Waals surface area contributed by atoms with Gasteiger partial charge in [0.1, 0.15) is 0 Å². The Morgan fingerprint density at radius 2 is 2.08 bits per heavy atom. The highest BCUT2D eigenvalue weighted by molar-refractivity contribution is 7.84. The van der Waals surface area contributed by atoms with E-state index in [0.717, 1.165) is 6.42 Å². The van der Waals surface area contributed by atoms with Gasteiger partial charge in [-0.05, 0) is 13.3 Å². The minimum Gasteiger partial charge on any atom is -0.336 e. The van der Waals surface area contributed by atoms with Crippen LogP contribution in [0.5, 0.6) is 0 Å². The van der Waals surface area contributed by atoms with Crippen LogP contribution in [0.1, 0.15) is 13.3 Å². The summed E-state index contributed by atoms with van der Waals surface area (Å²) in [5, 5.41) is 2.79. The molecule has 2 unspecified atom stereocenters. The van der Waals surface area contributed by atoms with Crippen molar-refractivity contribution in [3.63, 3.8) is 0 Å². The minimum absolute atomic E-state index is 0.0822. The van der Waals surface area contributed by atoms with Crippen molar-refractivity contribution in [3.8, 4) is 0 Å². The molecule has 0 fully saturated rings. The maximum Gasteiger partial charge on any atom is 0.317 e. The van der Waals surface area contributed by atoms with E-state index in [0.29, 0.717) is 5.75 Å². The van der Waals surface area contributed by atoms with Gasteiger partial charge in [-0.1, -0.05) is 0 Å². The van der Waals surface area contributed by atoms with Crippen LogP contribution < -0.4 is 5.32 Å². The molecule has 0 aromatic heterocycles. The molecular weight excluding hydrogens is 188 g/mol. The lowest BCUT2D eigenvalue weighted by Crippen LogP contribution is -2.40. The van der Waals surface area contributed by atoms with Crippen LogP contribution >= 0.6 is 0 Å². The number of nitrogens with one attached hydrogen (secondary N) is 1. The van der Waals surface area contributed by atoms with Gasteiger partial charge in [0.25, 0.3) is 0 Å². The molecule has 13 heavy (non-hydrogen) atoms. The zero-order valence-electron chi connectivity index (χ0n) is 8.66. The van der Waals surface area contributed by atoms with Gasteiger partial charge in [-0.15, -0.1) is 0 Å². The molecule has 0 aliphatic rings. The second kappa shape index (κ2) is 5.96. The van der Waals surface area contributed by atoms with Crippen LogP contribution in [0.2, 0.25) is 0 Å². The van der Waals surface area contributed by atoms with Gasteiger partial charge in [0, 0.05) is 42.9 Å². The molecule has 2 amide bonds. The Morgan fingerprint density at radius 3 is 2.46 bits per heavy atom. The summed E-state index contributed by atoms with van der Waals surface area (Å²) < 4.78 is 10.8. The summed E-state index contributed by atoms with van der Waals surface area (Å²) in [5.74, 6) is 0.634. The van der Waals surface area contributed by atoms with Gasteiger partial charge in [0.05, 0.1) is 0 Å². The van der Waals surface area contributed by atoms with Crippen molar-refractivity contribution in [2.45, 2.75) is 19.4 Å². The van der Waals surface area contributed by atoms with Crippen LogP contribution in [0.4, 0.5) is 4.79 Å². The first-order chi connectivity index (χ1) is 5.93. The van der Waals surface area contributed by atoms with Crippen LogP contribution in [0.15, 0.2) is 0 Å². The average molecular weight is 206 g/mol. The van der Waals surface area contributed by atoms with Crippen molar-refractivity contribution >= 4 is 16.8 Å². The highest BCUT2D eigenvalue weighted by Crippen LogP contribution is 1.93. The average Bonchev–Trinajstić information content (AvgIpc) is 2.00. The maximum atomic E-state index is 11.1. The lowest BCUT2D eigenvalue weighted by Gasteiger charge is -2.17. The standard InChI is InChI=1S/C8H18N2O2S/c1-7(5-6-13(4)12)9-8(11)10(2)3/h7H,5-6H2,1-4H3,(H,9,11). The van der Waals surface area contributed by atoms with Crippen LogP contribution in [-0.2, 0) is 10.8 Å². The van der Waals surface area contributed by atoms with Crippen molar-refractivity contribution in [3.05, 3.63) is 0 Å². The van der Waals surface area contributed by atoms with E-state index in [2.05, 4.69) is 5.32 Å². The Bertz CT molecular complexity index is 195. The molecule has 0 heterocycles. The van der Waals surface area contributed by atoms with Crippen LogP contribution in [0.3, 0.4) is 0 Å². The van der Waals surface area contributed by atoms with Gasteiger partial charge in [0.15, 0.2) is 0 Å². The van der Waals surface area contributed by atoms with E-state index in [4.69, 9.17) is 0 Å². The van der Waals surface area contributed by atoms with Gasteiger partial charge in [-0.25, -0.2) is 4.79 Å². The quantitative estimate of drug-likeness (QED) is 0.724. The molecular formula is C8H18N2O2S. The van der Waals surface area contributed by atoms with Gasteiger partial charge < -0.3 is 10.2 Å². The molecule has 78 valence electrons. The van der Waals surface area contributed by atoms with Crippen molar-refractivity contribution in [1.82, 2.24) is 10.2 Å². The first-order valence-corrected chi connectivity index (χ1v) is 5.94. The predicted octanol–water partition coefficient (Wildman–Crippen LogP) is 0.415. The van der Waals surface area contributed by atoms with E-state index in [1.165, 1.54) is 4.90 Å². The molecule has 0 radical (unpaired) electrons. The number of nitrogens with zero attached hydrogens (tertiary/aromatic N) is 1.